The van der Waals surface area contributed by atoms with E-state index in [2.05, 4.69) is 158 Å². The van der Waals surface area contributed by atoms with E-state index in [-0.39, 0.29) is 0 Å². The van der Waals surface area contributed by atoms with Gasteiger partial charge in [0.2, 0.25) is 0 Å². The quantitative estimate of drug-likeness (QED) is 0.172. The lowest BCUT2D eigenvalue weighted by atomic mass is 9.90. The Morgan fingerprint density at radius 2 is 0.723 bits per heavy atom. The molecule has 10 aromatic carbocycles. The van der Waals surface area contributed by atoms with E-state index in [1.54, 1.807) is 0 Å². The molecule has 1 aromatic heterocycles. The Balaban J connectivity index is 1.19. The van der Waals surface area contributed by atoms with Crippen LogP contribution in [-0.2, 0) is 0 Å². The van der Waals surface area contributed by atoms with E-state index in [1.807, 2.05) is 0 Å². The molecule has 47 heavy (non-hydrogen) atoms. The highest BCUT2D eigenvalue weighted by Crippen LogP contribution is 2.43. The SMILES string of the molecule is c1ccc2c(c1)ccc1c3ccccc3c3cc4c(cc3c21)oc1ccc(-c2ccc3c5ccccc5c5ccccc5c3c2)cc14. The molecule has 0 bridgehead atoms. The third-order valence-electron chi connectivity index (χ3n) is 10.4. The molecule has 0 saturated carbocycles. The number of fused-ring (bicyclic) bond motifs is 17. The zero-order chi connectivity index (χ0) is 30.6. The largest absolute Gasteiger partial charge is 0.456 e. The maximum absolute atomic E-state index is 6.60. The van der Waals surface area contributed by atoms with Crippen LogP contribution in [-0.4, -0.2) is 0 Å². The van der Waals surface area contributed by atoms with E-state index in [4.69, 9.17) is 4.42 Å². The molecule has 0 saturated heterocycles. The monoisotopic (exact) mass is 594 g/mol. The molecule has 0 aliphatic rings. The van der Waals surface area contributed by atoms with Gasteiger partial charge in [0.1, 0.15) is 11.2 Å². The van der Waals surface area contributed by atoms with E-state index in [1.165, 1.54) is 86.5 Å². The molecule has 0 N–H and O–H groups in total. The molecule has 0 unspecified atom stereocenters. The van der Waals surface area contributed by atoms with Crippen molar-refractivity contribution < 1.29 is 4.42 Å². The van der Waals surface area contributed by atoms with Crippen LogP contribution in [0.3, 0.4) is 0 Å². The highest BCUT2D eigenvalue weighted by molar-refractivity contribution is 6.33. The lowest BCUT2D eigenvalue weighted by Crippen LogP contribution is -1.85. The maximum atomic E-state index is 6.60. The van der Waals surface area contributed by atoms with Gasteiger partial charge in [-0.2, -0.15) is 0 Å². The van der Waals surface area contributed by atoms with E-state index >= 15 is 0 Å². The van der Waals surface area contributed by atoms with Crippen LogP contribution < -0.4 is 0 Å². The van der Waals surface area contributed by atoms with Gasteiger partial charge in [-0.1, -0.05) is 127 Å². The molecule has 1 nitrogen and oxygen atoms in total. The fraction of sp³-hybridized carbons (Fsp3) is 0. The summed E-state index contributed by atoms with van der Waals surface area (Å²) < 4.78 is 6.60. The predicted molar refractivity (Wildman–Crippen MR) is 202 cm³/mol. The van der Waals surface area contributed by atoms with Crippen LogP contribution in [0.2, 0.25) is 0 Å². The highest BCUT2D eigenvalue weighted by atomic mass is 16.3. The Labute approximate surface area is 269 Å². The minimum Gasteiger partial charge on any atom is -0.456 e. The molecule has 0 radical (unpaired) electrons. The Kier molecular flexibility index (Phi) is 4.90. The van der Waals surface area contributed by atoms with E-state index in [0.717, 1.165) is 21.9 Å². The first-order valence-electron chi connectivity index (χ1n) is 16.3. The molecule has 0 fully saturated rings. The van der Waals surface area contributed by atoms with Gasteiger partial charge in [-0.15, -0.1) is 0 Å². The number of benzene rings is 10. The smallest absolute Gasteiger partial charge is 0.136 e. The van der Waals surface area contributed by atoms with Crippen LogP contribution >= 0.6 is 0 Å². The Hall–Kier alpha value is -6.18. The number of rotatable bonds is 1. The Bertz CT molecular complexity index is 3090. The molecular formula is C46H26O. The van der Waals surface area contributed by atoms with Crippen molar-refractivity contribution in [1.29, 1.82) is 0 Å². The van der Waals surface area contributed by atoms with Gasteiger partial charge >= 0.3 is 0 Å². The summed E-state index contributed by atoms with van der Waals surface area (Å²) in [7, 11) is 0. The van der Waals surface area contributed by atoms with E-state index < -0.39 is 0 Å². The summed E-state index contributed by atoms with van der Waals surface area (Å²) in [5.41, 5.74) is 4.23. The van der Waals surface area contributed by atoms with Gasteiger partial charge in [-0.25, -0.2) is 0 Å². The maximum Gasteiger partial charge on any atom is 0.136 e. The zero-order valence-electron chi connectivity index (χ0n) is 25.4. The minimum atomic E-state index is 0.912. The lowest BCUT2D eigenvalue weighted by Gasteiger charge is -2.13. The topological polar surface area (TPSA) is 13.1 Å². The van der Waals surface area contributed by atoms with Crippen molar-refractivity contribution in [3.63, 3.8) is 0 Å². The fourth-order valence-electron chi connectivity index (χ4n) is 8.26. The normalized spacial score (nSPS) is 12.3. The van der Waals surface area contributed by atoms with Gasteiger partial charge in [0.15, 0.2) is 0 Å². The van der Waals surface area contributed by atoms with Crippen LogP contribution in [0.15, 0.2) is 162 Å². The fourth-order valence-corrected chi connectivity index (χ4v) is 8.26. The molecular weight excluding hydrogens is 569 g/mol. The summed E-state index contributed by atoms with van der Waals surface area (Å²) in [5, 5.41) is 20.2. The second kappa shape index (κ2) is 9.19. The standard InChI is InChI=1S/C46H26O/c1-2-10-30-27(9-1)17-21-38-34-14-6-8-16-36(34)40-25-42-41-24-29(19-22-44(41)47-45(42)26-43(40)46(30)38)28-18-20-37-33-13-4-3-11-31(33)32-12-5-7-15-35(32)39(37)23-28/h1-26H. The van der Waals surface area contributed by atoms with E-state index in [0.29, 0.717) is 0 Å². The van der Waals surface area contributed by atoms with Gasteiger partial charge < -0.3 is 4.42 Å². The van der Waals surface area contributed by atoms with Gasteiger partial charge in [0.05, 0.1) is 0 Å². The molecule has 11 rings (SSSR count). The van der Waals surface area contributed by atoms with Crippen LogP contribution in [0.4, 0.5) is 0 Å². The van der Waals surface area contributed by atoms with Crippen LogP contribution in [0, 0.1) is 0 Å². The van der Waals surface area contributed by atoms with Crippen molar-refractivity contribution in [2.75, 3.05) is 0 Å². The third-order valence-corrected chi connectivity index (χ3v) is 10.4. The summed E-state index contributed by atoms with van der Waals surface area (Å²) in [6, 6.07) is 57.8. The second-order valence-electron chi connectivity index (χ2n) is 12.8. The molecule has 0 atom stereocenters. The summed E-state index contributed by atoms with van der Waals surface area (Å²) >= 11 is 0. The lowest BCUT2D eigenvalue weighted by molar-refractivity contribution is 0.669. The van der Waals surface area contributed by atoms with Crippen molar-refractivity contribution in [1.82, 2.24) is 0 Å². The van der Waals surface area contributed by atoms with Crippen molar-refractivity contribution in [2.45, 2.75) is 0 Å². The number of hydrogen-bond acceptors (Lipinski definition) is 1. The molecule has 11 aromatic rings. The molecule has 0 spiro atoms. The van der Waals surface area contributed by atoms with Crippen LogP contribution in [0.5, 0.6) is 0 Å². The molecule has 1 heteroatoms. The summed E-state index contributed by atoms with van der Waals surface area (Å²) in [6.45, 7) is 0. The first kappa shape index (κ1) is 25.1. The van der Waals surface area contributed by atoms with Crippen molar-refractivity contribution >= 4 is 97.3 Å². The van der Waals surface area contributed by atoms with Gasteiger partial charge in [0.25, 0.3) is 0 Å². The summed E-state index contributed by atoms with van der Waals surface area (Å²) in [6.07, 6.45) is 0. The minimum absolute atomic E-state index is 0.912. The number of hydrogen-bond donors (Lipinski definition) is 0. The van der Waals surface area contributed by atoms with Gasteiger partial charge in [-0.05, 0) is 117 Å². The molecule has 0 aliphatic heterocycles. The van der Waals surface area contributed by atoms with E-state index in [9.17, 15) is 0 Å². The average Bonchev–Trinajstić information content (AvgIpc) is 3.50. The first-order chi connectivity index (χ1) is 23.3. The van der Waals surface area contributed by atoms with Crippen molar-refractivity contribution in [2.24, 2.45) is 0 Å². The predicted octanol–water partition coefficient (Wildman–Crippen LogP) is 13.3. The van der Waals surface area contributed by atoms with Crippen molar-refractivity contribution in [3.8, 4) is 11.1 Å². The summed E-state index contributed by atoms with van der Waals surface area (Å²) in [5.74, 6) is 0. The first-order valence-corrected chi connectivity index (χ1v) is 16.3. The molecule has 0 aliphatic carbocycles. The third kappa shape index (κ3) is 3.43. The number of furan rings is 1. The van der Waals surface area contributed by atoms with Crippen LogP contribution in [0.1, 0.15) is 0 Å². The van der Waals surface area contributed by atoms with Gasteiger partial charge in [0, 0.05) is 10.8 Å². The Morgan fingerprint density at radius 1 is 0.255 bits per heavy atom. The molecule has 216 valence electrons. The Morgan fingerprint density at radius 3 is 1.40 bits per heavy atom. The highest BCUT2D eigenvalue weighted by Gasteiger charge is 2.16. The second-order valence-corrected chi connectivity index (χ2v) is 12.8. The van der Waals surface area contributed by atoms with Crippen molar-refractivity contribution in [3.05, 3.63) is 158 Å². The molecule has 0 amide bonds. The van der Waals surface area contributed by atoms with Gasteiger partial charge in [-0.3, -0.25) is 0 Å². The summed E-state index contributed by atoms with van der Waals surface area (Å²) in [4.78, 5) is 0. The average molecular weight is 595 g/mol. The zero-order valence-corrected chi connectivity index (χ0v) is 25.4. The van der Waals surface area contributed by atoms with Crippen LogP contribution in [0.25, 0.3) is 108 Å². The molecule has 1 heterocycles.